The molecule has 0 bridgehead atoms. The first-order valence-corrected chi connectivity index (χ1v) is 12.7. The molecule has 2 unspecified atom stereocenters. The van der Waals surface area contributed by atoms with Gasteiger partial charge in [0, 0.05) is 35.6 Å². The number of carboxylic acids is 2. The molecule has 0 aliphatic carbocycles. The summed E-state index contributed by atoms with van der Waals surface area (Å²) in [5, 5.41) is 27.4. The number of piperidine rings is 1. The van der Waals surface area contributed by atoms with E-state index in [0.717, 1.165) is 45.7 Å². The summed E-state index contributed by atoms with van der Waals surface area (Å²) in [6, 6.07) is 13.3. The maximum atomic E-state index is 14.0. The van der Waals surface area contributed by atoms with Crippen LogP contribution in [0, 0.1) is 5.82 Å². The zero-order valence-corrected chi connectivity index (χ0v) is 20.9. The van der Waals surface area contributed by atoms with Crippen LogP contribution < -0.4 is 4.74 Å². The molecule has 37 heavy (non-hydrogen) atoms. The van der Waals surface area contributed by atoms with Crippen LogP contribution >= 0.6 is 11.3 Å². The van der Waals surface area contributed by atoms with E-state index in [-0.39, 0.29) is 12.4 Å². The lowest BCUT2D eigenvalue weighted by atomic mass is 9.92. The largest absolute Gasteiger partial charge is 0.490 e. The first-order chi connectivity index (χ1) is 17.7. The number of aliphatic carboxylic acids is 2. The molecule has 0 saturated carbocycles. The van der Waals surface area contributed by atoms with E-state index in [2.05, 4.69) is 21.8 Å². The first-order valence-electron chi connectivity index (χ1n) is 11.8. The number of carboxylic acid groups (broad SMARTS) is 2. The monoisotopic (exact) mass is 529 g/mol. The van der Waals surface area contributed by atoms with Gasteiger partial charge in [-0.1, -0.05) is 12.1 Å². The van der Waals surface area contributed by atoms with Crippen LogP contribution in [-0.2, 0) is 9.59 Å². The van der Waals surface area contributed by atoms with Crippen molar-refractivity contribution in [3.8, 4) is 5.75 Å². The smallest absolute Gasteiger partial charge is 0.414 e. The Balaban J connectivity index is 0.000000480. The number of thiazole rings is 1. The number of ether oxygens (including phenoxy) is 1. The molecule has 1 fully saturated rings. The van der Waals surface area contributed by atoms with E-state index in [9.17, 15) is 9.50 Å². The molecule has 11 heteroatoms. The molecular formula is C26H28FN3O6S. The van der Waals surface area contributed by atoms with E-state index in [0.29, 0.717) is 24.0 Å². The van der Waals surface area contributed by atoms with Gasteiger partial charge >= 0.3 is 11.9 Å². The number of nitrogens with one attached hydrogen (secondary N) is 1. The molecule has 4 aromatic rings. The van der Waals surface area contributed by atoms with Gasteiger partial charge in [-0.3, -0.25) is 4.90 Å². The summed E-state index contributed by atoms with van der Waals surface area (Å²) in [4.78, 5) is 28.3. The van der Waals surface area contributed by atoms with Gasteiger partial charge in [0.05, 0.1) is 9.71 Å². The van der Waals surface area contributed by atoms with Gasteiger partial charge in [-0.2, -0.15) is 0 Å². The van der Waals surface area contributed by atoms with Crippen molar-refractivity contribution < 1.29 is 34.0 Å². The normalized spacial score (nSPS) is 18.8. The number of likely N-dealkylation sites (tertiary alicyclic amines) is 1. The van der Waals surface area contributed by atoms with Crippen LogP contribution in [0.4, 0.5) is 4.39 Å². The second-order valence-corrected chi connectivity index (χ2v) is 10.0. The minimum atomic E-state index is -1.82. The maximum absolute atomic E-state index is 14.0. The fraction of sp³-hybridized carbons (Fsp3) is 0.346. The number of carbonyl (C=O) groups is 2. The molecule has 2 aromatic carbocycles. The topological polar surface area (TPSA) is 136 Å². The van der Waals surface area contributed by atoms with E-state index in [1.165, 1.54) is 6.07 Å². The Labute approximate surface area is 216 Å². The zero-order valence-electron chi connectivity index (χ0n) is 20.1. The third-order valence-electron chi connectivity index (χ3n) is 6.36. The number of rotatable bonds is 6. The van der Waals surface area contributed by atoms with Gasteiger partial charge in [0.25, 0.3) is 0 Å². The van der Waals surface area contributed by atoms with Gasteiger partial charge in [0.2, 0.25) is 0 Å². The molecule has 2 aromatic heterocycles. The van der Waals surface area contributed by atoms with Crippen LogP contribution in [0.25, 0.3) is 21.1 Å². The molecule has 3 atom stereocenters. The van der Waals surface area contributed by atoms with Crippen molar-refractivity contribution in [1.29, 1.82) is 0 Å². The number of nitrogens with zero attached hydrogens (tertiary/aromatic N) is 2. The Morgan fingerprint density at radius 1 is 1.22 bits per heavy atom. The van der Waals surface area contributed by atoms with Crippen molar-refractivity contribution in [1.82, 2.24) is 14.9 Å². The lowest BCUT2D eigenvalue weighted by Crippen LogP contribution is -2.45. The Hall–Kier alpha value is -3.54. The summed E-state index contributed by atoms with van der Waals surface area (Å²) in [6.45, 7) is 3.91. The van der Waals surface area contributed by atoms with Crippen molar-refractivity contribution in [3.05, 3.63) is 59.5 Å². The van der Waals surface area contributed by atoms with Gasteiger partial charge in [0.15, 0.2) is 0 Å². The predicted octanol–water partition coefficient (Wildman–Crippen LogP) is 4.08. The number of aromatic nitrogens is 2. The van der Waals surface area contributed by atoms with Crippen molar-refractivity contribution in [3.63, 3.8) is 0 Å². The van der Waals surface area contributed by atoms with Gasteiger partial charge in [-0.15, -0.1) is 11.3 Å². The second-order valence-electron chi connectivity index (χ2n) is 8.97. The molecule has 196 valence electrons. The first kappa shape index (κ1) is 26.5. The van der Waals surface area contributed by atoms with E-state index in [4.69, 9.17) is 24.5 Å². The number of aliphatic hydroxyl groups excluding tert-OH is 1. The highest BCUT2D eigenvalue weighted by molar-refractivity contribution is 7.18. The second kappa shape index (κ2) is 11.7. The Morgan fingerprint density at radius 3 is 2.68 bits per heavy atom. The van der Waals surface area contributed by atoms with Crippen molar-refractivity contribution in [2.24, 2.45) is 0 Å². The number of hydrogen-bond donors (Lipinski definition) is 4. The molecule has 0 amide bonds. The average molecular weight is 530 g/mol. The number of halogens is 1. The molecular weight excluding hydrogens is 501 g/mol. The SMILES string of the molecule is CC1CC(c2nc3c(F)cccc3s2)CCN1C[C@H](O)COc1cccc2[nH]ccc12.O=C(O)C(=O)O. The summed E-state index contributed by atoms with van der Waals surface area (Å²) in [7, 11) is 0. The molecule has 0 radical (unpaired) electrons. The number of benzene rings is 2. The number of fused-ring (bicyclic) bond motifs is 2. The van der Waals surface area contributed by atoms with Crippen molar-refractivity contribution in [2.45, 2.75) is 37.8 Å². The summed E-state index contributed by atoms with van der Waals surface area (Å²) >= 11 is 1.60. The van der Waals surface area contributed by atoms with Gasteiger partial charge in [-0.25, -0.2) is 19.0 Å². The molecule has 1 saturated heterocycles. The lowest BCUT2D eigenvalue weighted by Gasteiger charge is -2.38. The van der Waals surface area contributed by atoms with Crippen molar-refractivity contribution >= 4 is 44.4 Å². The standard InChI is InChI=1S/C24H26FN3O2S.C2H2O4/c1-15-12-16(24-27-23-19(25)4-2-7-22(23)31-24)9-11-28(15)13-17(29)14-30-21-6-3-5-20-18(21)8-10-26-20;3-1(4)2(5)6/h2-8,10,15-17,26,29H,9,11-14H2,1H3;(H,3,4)(H,5,6)/t15?,16?,17-;/m0./s1. The molecule has 1 aliphatic heterocycles. The quantitative estimate of drug-likeness (QED) is 0.274. The number of aromatic amines is 1. The predicted molar refractivity (Wildman–Crippen MR) is 138 cm³/mol. The summed E-state index contributed by atoms with van der Waals surface area (Å²) in [6.07, 6.45) is 3.24. The number of hydrogen-bond acceptors (Lipinski definition) is 7. The number of β-amino-alcohol motifs (C(OH)–C–C–N with tert-alkyl or cyclic N) is 1. The van der Waals surface area contributed by atoms with Crippen LogP contribution in [0.1, 0.15) is 30.7 Å². The number of para-hydroxylation sites is 1. The minimum Gasteiger partial charge on any atom is -0.490 e. The van der Waals surface area contributed by atoms with E-state index in [1.807, 2.05) is 36.5 Å². The van der Waals surface area contributed by atoms with Crippen LogP contribution in [0.2, 0.25) is 0 Å². The third kappa shape index (κ3) is 6.43. The molecule has 4 N–H and O–H groups in total. The van der Waals surface area contributed by atoms with Crippen LogP contribution in [0.3, 0.4) is 0 Å². The number of H-pyrrole nitrogens is 1. The lowest BCUT2D eigenvalue weighted by molar-refractivity contribution is -0.159. The highest BCUT2D eigenvalue weighted by atomic mass is 32.1. The van der Waals surface area contributed by atoms with Crippen LogP contribution in [-0.4, -0.2) is 74.0 Å². The fourth-order valence-corrected chi connectivity index (χ4v) is 5.64. The van der Waals surface area contributed by atoms with Crippen LogP contribution in [0.5, 0.6) is 5.75 Å². The molecule has 5 rings (SSSR count). The Bertz CT molecular complexity index is 1380. The Kier molecular flexibility index (Phi) is 8.37. The van der Waals surface area contributed by atoms with Gasteiger partial charge < -0.3 is 25.0 Å². The minimum absolute atomic E-state index is 0.246. The van der Waals surface area contributed by atoms with E-state index >= 15 is 0 Å². The third-order valence-corrected chi connectivity index (χ3v) is 7.55. The van der Waals surface area contributed by atoms with E-state index < -0.39 is 18.0 Å². The van der Waals surface area contributed by atoms with Crippen LogP contribution in [0.15, 0.2) is 48.7 Å². The van der Waals surface area contributed by atoms with Gasteiger partial charge in [0.1, 0.15) is 29.8 Å². The summed E-state index contributed by atoms with van der Waals surface area (Å²) in [5.74, 6) is -2.77. The molecule has 1 aliphatic rings. The van der Waals surface area contributed by atoms with Crippen molar-refractivity contribution in [2.75, 3.05) is 19.7 Å². The van der Waals surface area contributed by atoms with E-state index in [1.54, 1.807) is 17.4 Å². The summed E-state index contributed by atoms with van der Waals surface area (Å²) < 4.78 is 20.8. The highest BCUT2D eigenvalue weighted by Gasteiger charge is 2.30. The molecule has 9 nitrogen and oxygen atoms in total. The number of aliphatic hydroxyl groups is 1. The highest BCUT2D eigenvalue weighted by Crippen LogP contribution is 2.36. The molecule has 0 spiro atoms. The average Bonchev–Trinajstić information content (AvgIpc) is 3.52. The molecule has 3 heterocycles. The summed E-state index contributed by atoms with van der Waals surface area (Å²) in [5.41, 5.74) is 1.51. The maximum Gasteiger partial charge on any atom is 0.414 e. The zero-order chi connectivity index (χ0) is 26.5. The Morgan fingerprint density at radius 2 is 1.97 bits per heavy atom. The van der Waals surface area contributed by atoms with Gasteiger partial charge in [-0.05, 0) is 56.6 Å². The fourth-order valence-electron chi connectivity index (χ4n) is 4.51.